The van der Waals surface area contributed by atoms with Crippen molar-refractivity contribution in [3.63, 3.8) is 0 Å². The van der Waals surface area contributed by atoms with Gasteiger partial charge in [0.2, 0.25) is 0 Å². The number of amidine groups is 1. The van der Waals surface area contributed by atoms with Crippen LogP contribution in [0.4, 0.5) is 0 Å². The lowest BCUT2D eigenvalue weighted by atomic mass is 9.75. The number of aromatic nitrogens is 1. The summed E-state index contributed by atoms with van der Waals surface area (Å²) in [5.41, 5.74) is 1.58. The fourth-order valence-electron chi connectivity index (χ4n) is 3.14. The van der Waals surface area contributed by atoms with Gasteiger partial charge in [-0.15, -0.1) is 0 Å². The highest BCUT2D eigenvalue weighted by molar-refractivity contribution is 8.13. The first-order chi connectivity index (χ1) is 9.77. The van der Waals surface area contributed by atoms with Crippen molar-refractivity contribution in [1.82, 2.24) is 10.3 Å². The summed E-state index contributed by atoms with van der Waals surface area (Å²) in [5, 5.41) is 4.60. The molecule has 0 aromatic carbocycles. The maximum atomic E-state index is 4.81. The maximum Gasteiger partial charge on any atom is 0.157 e. The molecule has 1 atom stereocenters. The number of hydrogen-bond donors (Lipinski definition) is 1. The maximum absolute atomic E-state index is 4.81. The SMILES string of the molecule is CC(NC1=NCC2(CCCCC2)CS1)c1ccccn1. The van der Waals surface area contributed by atoms with Crippen LogP contribution in [0.2, 0.25) is 0 Å². The van der Waals surface area contributed by atoms with Crippen molar-refractivity contribution in [1.29, 1.82) is 0 Å². The van der Waals surface area contributed by atoms with Crippen molar-refractivity contribution in [3.05, 3.63) is 30.1 Å². The molecule has 1 aromatic rings. The van der Waals surface area contributed by atoms with Gasteiger partial charge in [-0.1, -0.05) is 37.1 Å². The van der Waals surface area contributed by atoms with E-state index in [1.165, 1.54) is 37.9 Å². The topological polar surface area (TPSA) is 37.3 Å². The van der Waals surface area contributed by atoms with Crippen LogP contribution in [-0.2, 0) is 0 Å². The Hall–Kier alpha value is -1.03. The van der Waals surface area contributed by atoms with Gasteiger partial charge in [0.1, 0.15) is 0 Å². The van der Waals surface area contributed by atoms with E-state index in [4.69, 9.17) is 4.99 Å². The van der Waals surface area contributed by atoms with Gasteiger partial charge in [-0.25, -0.2) is 0 Å². The third-order valence-electron chi connectivity index (χ3n) is 4.46. The van der Waals surface area contributed by atoms with Gasteiger partial charge in [0.15, 0.2) is 5.17 Å². The Morgan fingerprint density at radius 3 is 2.75 bits per heavy atom. The summed E-state index contributed by atoms with van der Waals surface area (Å²) in [7, 11) is 0. The zero-order chi connectivity index (χ0) is 13.8. The number of thioether (sulfide) groups is 1. The average molecular weight is 289 g/mol. The predicted molar refractivity (Wildman–Crippen MR) is 86.1 cm³/mol. The Balaban J connectivity index is 1.59. The van der Waals surface area contributed by atoms with Crippen molar-refractivity contribution in [2.75, 3.05) is 12.3 Å². The molecular formula is C16H23N3S. The second-order valence-corrected chi connectivity index (χ2v) is 7.06. The van der Waals surface area contributed by atoms with Crippen LogP contribution in [0.5, 0.6) is 0 Å². The van der Waals surface area contributed by atoms with E-state index in [2.05, 4.69) is 23.3 Å². The average Bonchev–Trinajstić information content (AvgIpc) is 2.52. The Morgan fingerprint density at radius 1 is 1.25 bits per heavy atom. The second-order valence-electron chi connectivity index (χ2n) is 6.09. The third-order valence-corrected chi connectivity index (χ3v) is 5.74. The Labute approximate surface area is 125 Å². The van der Waals surface area contributed by atoms with E-state index in [0.29, 0.717) is 5.41 Å². The van der Waals surface area contributed by atoms with Gasteiger partial charge in [0.05, 0.1) is 11.7 Å². The number of nitrogens with one attached hydrogen (secondary N) is 1. The summed E-state index contributed by atoms with van der Waals surface area (Å²) in [4.78, 5) is 9.21. The van der Waals surface area contributed by atoms with Crippen molar-refractivity contribution in [3.8, 4) is 0 Å². The van der Waals surface area contributed by atoms with Gasteiger partial charge >= 0.3 is 0 Å². The highest BCUT2D eigenvalue weighted by Crippen LogP contribution is 2.41. The molecule has 0 bridgehead atoms. The first kappa shape index (κ1) is 13.9. The molecule has 1 unspecified atom stereocenters. The van der Waals surface area contributed by atoms with Crippen LogP contribution < -0.4 is 5.32 Å². The second kappa shape index (κ2) is 6.17. The Kier molecular flexibility index (Phi) is 4.29. The number of rotatable bonds is 2. The monoisotopic (exact) mass is 289 g/mol. The number of aliphatic imine (C=N–C) groups is 1. The van der Waals surface area contributed by atoms with E-state index in [9.17, 15) is 0 Å². The molecule has 3 rings (SSSR count). The molecule has 2 heterocycles. The quantitative estimate of drug-likeness (QED) is 0.900. The lowest BCUT2D eigenvalue weighted by Crippen LogP contribution is -2.37. The molecule has 1 N–H and O–H groups in total. The number of nitrogens with zero attached hydrogens (tertiary/aromatic N) is 2. The summed E-state index contributed by atoms with van der Waals surface area (Å²) in [6.07, 6.45) is 8.78. The standard InChI is InChI=1S/C16H23N3S/c1-13(14-7-3-6-10-17-14)19-15-18-11-16(12-20-15)8-4-2-5-9-16/h3,6-7,10,13H,2,4-5,8-9,11-12H2,1H3,(H,18,19). The smallest absolute Gasteiger partial charge is 0.157 e. The Morgan fingerprint density at radius 2 is 2.10 bits per heavy atom. The first-order valence-electron chi connectivity index (χ1n) is 7.62. The predicted octanol–water partition coefficient (Wildman–Crippen LogP) is 3.79. The molecule has 1 fully saturated rings. The highest BCUT2D eigenvalue weighted by atomic mass is 32.2. The summed E-state index contributed by atoms with van der Waals surface area (Å²) >= 11 is 1.90. The molecule has 3 nitrogen and oxygen atoms in total. The molecule has 0 amide bonds. The fourth-order valence-corrected chi connectivity index (χ4v) is 4.37. The van der Waals surface area contributed by atoms with E-state index < -0.39 is 0 Å². The van der Waals surface area contributed by atoms with Gasteiger partial charge < -0.3 is 5.32 Å². The minimum absolute atomic E-state index is 0.225. The lowest BCUT2D eigenvalue weighted by Gasteiger charge is -2.38. The van der Waals surface area contributed by atoms with Gasteiger partial charge in [0.25, 0.3) is 0 Å². The zero-order valence-electron chi connectivity index (χ0n) is 12.1. The summed E-state index contributed by atoms with van der Waals surface area (Å²) in [6.45, 7) is 3.16. The minimum atomic E-state index is 0.225. The summed E-state index contributed by atoms with van der Waals surface area (Å²) in [5.74, 6) is 1.23. The van der Waals surface area contributed by atoms with Crippen LogP contribution in [-0.4, -0.2) is 22.4 Å². The van der Waals surface area contributed by atoms with Crippen LogP contribution in [0.1, 0.15) is 50.8 Å². The number of hydrogen-bond acceptors (Lipinski definition) is 4. The molecule has 1 spiro atoms. The lowest BCUT2D eigenvalue weighted by molar-refractivity contribution is 0.232. The third kappa shape index (κ3) is 3.17. The molecule has 1 saturated carbocycles. The van der Waals surface area contributed by atoms with E-state index in [-0.39, 0.29) is 6.04 Å². The van der Waals surface area contributed by atoms with E-state index >= 15 is 0 Å². The molecule has 1 aliphatic heterocycles. The van der Waals surface area contributed by atoms with Gasteiger partial charge in [-0.2, -0.15) is 0 Å². The summed E-state index contributed by atoms with van der Waals surface area (Å²) < 4.78 is 0. The van der Waals surface area contributed by atoms with Crippen LogP contribution in [0.15, 0.2) is 29.4 Å². The number of pyridine rings is 1. The molecule has 1 aliphatic carbocycles. The van der Waals surface area contributed by atoms with Crippen LogP contribution in [0, 0.1) is 5.41 Å². The van der Waals surface area contributed by atoms with Crippen LogP contribution in [0.3, 0.4) is 0 Å². The van der Waals surface area contributed by atoms with Gasteiger partial charge in [-0.05, 0) is 37.3 Å². The van der Waals surface area contributed by atoms with Crippen molar-refractivity contribution in [2.24, 2.45) is 10.4 Å². The minimum Gasteiger partial charge on any atom is -0.357 e. The van der Waals surface area contributed by atoms with Crippen LogP contribution >= 0.6 is 11.8 Å². The molecule has 0 saturated heterocycles. The largest absolute Gasteiger partial charge is 0.357 e. The molecular weight excluding hydrogens is 266 g/mol. The van der Waals surface area contributed by atoms with Gasteiger partial charge in [0, 0.05) is 18.5 Å². The zero-order valence-corrected chi connectivity index (χ0v) is 13.0. The summed E-state index contributed by atoms with van der Waals surface area (Å²) in [6, 6.07) is 6.28. The molecule has 108 valence electrons. The van der Waals surface area contributed by atoms with Crippen molar-refractivity contribution in [2.45, 2.75) is 45.1 Å². The fraction of sp³-hybridized carbons (Fsp3) is 0.625. The molecule has 0 radical (unpaired) electrons. The van der Waals surface area contributed by atoms with Crippen molar-refractivity contribution < 1.29 is 0 Å². The molecule has 2 aliphatic rings. The highest BCUT2D eigenvalue weighted by Gasteiger charge is 2.35. The molecule has 1 aromatic heterocycles. The van der Waals surface area contributed by atoms with E-state index in [1.807, 2.05) is 30.1 Å². The van der Waals surface area contributed by atoms with Crippen molar-refractivity contribution >= 4 is 16.9 Å². The normalized spacial score (nSPS) is 23.1. The molecule has 20 heavy (non-hydrogen) atoms. The van der Waals surface area contributed by atoms with E-state index in [1.54, 1.807) is 0 Å². The molecule has 4 heteroatoms. The van der Waals surface area contributed by atoms with Crippen LogP contribution in [0.25, 0.3) is 0 Å². The van der Waals surface area contributed by atoms with Gasteiger partial charge in [-0.3, -0.25) is 9.98 Å². The first-order valence-corrected chi connectivity index (χ1v) is 8.61. The Bertz CT molecular complexity index is 466. The van der Waals surface area contributed by atoms with E-state index in [0.717, 1.165) is 17.4 Å².